The van der Waals surface area contributed by atoms with Crippen molar-refractivity contribution in [3.63, 3.8) is 0 Å². The van der Waals surface area contributed by atoms with E-state index in [1.165, 1.54) is 0 Å². The number of carbonyl (C=O) groups is 2. The Morgan fingerprint density at radius 2 is 1.90 bits per heavy atom. The lowest BCUT2D eigenvalue weighted by Gasteiger charge is -2.53. The molecule has 20 heavy (non-hydrogen) atoms. The van der Waals surface area contributed by atoms with Gasteiger partial charge in [0.05, 0.1) is 0 Å². The van der Waals surface area contributed by atoms with Gasteiger partial charge in [-0.3, -0.25) is 0 Å². The number of nitrogens with zero attached hydrogens (tertiary/aromatic N) is 1. The summed E-state index contributed by atoms with van der Waals surface area (Å²) in [4.78, 5) is 24.3. The minimum Gasteiger partial charge on any atom is -0.444 e. The predicted molar refractivity (Wildman–Crippen MR) is 74.3 cm³/mol. The van der Waals surface area contributed by atoms with Crippen LogP contribution in [-0.4, -0.2) is 47.2 Å². The number of ether oxygens (including phenoxy) is 1. The number of likely N-dealkylation sites (tertiary alicyclic amines) is 1. The standard InChI is InChI=1S/C15H25NO4/c1-14(2,3)20-13(19)16-9-15(10-16)6-4-11(5-7-15)12(18)8-17/h8,11-12,18H,4-7,9-10H2,1-3H3. The second kappa shape index (κ2) is 5.35. The van der Waals surface area contributed by atoms with Crippen molar-refractivity contribution in [2.45, 2.75) is 58.2 Å². The van der Waals surface area contributed by atoms with Crippen LogP contribution in [-0.2, 0) is 9.53 Å². The van der Waals surface area contributed by atoms with Gasteiger partial charge in [-0.2, -0.15) is 0 Å². The van der Waals surface area contributed by atoms with Crippen molar-refractivity contribution in [3.8, 4) is 0 Å². The molecular weight excluding hydrogens is 258 g/mol. The zero-order chi connectivity index (χ0) is 15.0. The molecule has 1 spiro atoms. The molecule has 2 fully saturated rings. The second-order valence-electron chi connectivity index (χ2n) is 7.30. The Hall–Kier alpha value is -1.10. The summed E-state index contributed by atoms with van der Waals surface area (Å²) >= 11 is 0. The summed E-state index contributed by atoms with van der Waals surface area (Å²) in [6.07, 6.45) is 3.25. The molecule has 0 bridgehead atoms. The maximum atomic E-state index is 11.9. The van der Waals surface area contributed by atoms with E-state index < -0.39 is 11.7 Å². The first kappa shape index (κ1) is 15.3. The van der Waals surface area contributed by atoms with Gasteiger partial charge in [-0.1, -0.05) is 0 Å². The molecule has 2 aliphatic rings. The van der Waals surface area contributed by atoms with E-state index in [9.17, 15) is 14.7 Å². The van der Waals surface area contributed by atoms with E-state index in [4.69, 9.17) is 4.74 Å². The van der Waals surface area contributed by atoms with Crippen LogP contribution in [0.5, 0.6) is 0 Å². The van der Waals surface area contributed by atoms with Gasteiger partial charge in [-0.15, -0.1) is 0 Å². The molecule has 1 saturated heterocycles. The van der Waals surface area contributed by atoms with Gasteiger partial charge in [0, 0.05) is 18.5 Å². The maximum absolute atomic E-state index is 11.9. The first-order chi connectivity index (χ1) is 9.25. The molecule has 0 radical (unpaired) electrons. The van der Waals surface area contributed by atoms with Gasteiger partial charge in [0.1, 0.15) is 18.0 Å². The van der Waals surface area contributed by atoms with E-state index in [1.807, 2.05) is 20.8 Å². The third-order valence-electron chi connectivity index (χ3n) is 4.42. The van der Waals surface area contributed by atoms with Crippen LogP contribution < -0.4 is 0 Å². The third-order valence-corrected chi connectivity index (χ3v) is 4.42. The van der Waals surface area contributed by atoms with Crippen LogP contribution in [0.2, 0.25) is 0 Å². The lowest BCUT2D eigenvalue weighted by molar-refractivity contribution is -0.119. The fraction of sp³-hybridized carbons (Fsp3) is 0.867. The molecule has 1 amide bonds. The molecule has 1 aliphatic carbocycles. The lowest BCUT2D eigenvalue weighted by atomic mass is 9.65. The van der Waals surface area contributed by atoms with Crippen LogP contribution in [0.1, 0.15) is 46.5 Å². The van der Waals surface area contributed by atoms with Crippen molar-refractivity contribution in [2.75, 3.05) is 13.1 Å². The van der Waals surface area contributed by atoms with Gasteiger partial charge >= 0.3 is 6.09 Å². The average molecular weight is 283 g/mol. The largest absolute Gasteiger partial charge is 0.444 e. The van der Waals surface area contributed by atoms with E-state index in [1.54, 1.807) is 4.90 Å². The Balaban J connectivity index is 1.79. The van der Waals surface area contributed by atoms with Crippen LogP contribution in [0.4, 0.5) is 4.79 Å². The van der Waals surface area contributed by atoms with Gasteiger partial charge in [-0.25, -0.2) is 4.79 Å². The zero-order valence-corrected chi connectivity index (χ0v) is 12.6. The molecule has 5 heteroatoms. The molecule has 5 nitrogen and oxygen atoms in total. The van der Waals surface area contributed by atoms with Crippen molar-refractivity contribution in [3.05, 3.63) is 0 Å². The van der Waals surface area contributed by atoms with Crippen molar-refractivity contribution in [1.29, 1.82) is 0 Å². The van der Waals surface area contributed by atoms with Gasteiger partial charge in [0.25, 0.3) is 0 Å². The number of carbonyl (C=O) groups excluding carboxylic acids is 2. The number of aliphatic hydroxyl groups excluding tert-OH is 1. The molecule has 0 aromatic carbocycles. The molecule has 0 aromatic heterocycles. The highest BCUT2D eigenvalue weighted by atomic mass is 16.6. The van der Waals surface area contributed by atoms with Gasteiger partial charge in [-0.05, 0) is 52.4 Å². The number of aldehydes is 1. The van der Waals surface area contributed by atoms with Gasteiger partial charge in [0.15, 0.2) is 0 Å². The third kappa shape index (κ3) is 3.32. The molecule has 1 saturated carbocycles. The second-order valence-corrected chi connectivity index (χ2v) is 7.30. The first-order valence-corrected chi connectivity index (χ1v) is 7.36. The predicted octanol–water partition coefficient (Wildman–Crippen LogP) is 1.97. The summed E-state index contributed by atoms with van der Waals surface area (Å²) in [6, 6.07) is 0. The number of hydrogen-bond acceptors (Lipinski definition) is 4. The molecule has 1 unspecified atom stereocenters. The van der Waals surface area contributed by atoms with E-state index in [-0.39, 0.29) is 17.4 Å². The Morgan fingerprint density at radius 3 is 2.35 bits per heavy atom. The molecular formula is C15H25NO4. The Kier molecular flexibility index (Phi) is 4.09. The maximum Gasteiger partial charge on any atom is 0.410 e. The Labute approximate surface area is 120 Å². The molecule has 0 aromatic rings. The van der Waals surface area contributed by atoms with Crippen molar-refractivity contribution in [2.24, 2.45) is 11.3 Å². The molecule has 2 rings (SSSR count). The van der Waals surface area contributed by atoms with Crippen molar-refractivity contribution in [1.82, 2.24) is 4.90 Å². The minimum absolute atomic E-state index is 0.0914. The highest BCUT2D eigenvalue weighted by Crippen LogP contribution is 2.46. The van der Waals surface area contributed by atoms with Crippen LogP contribution in [0.15, 0.2) is 0 Å². The van der Waals surface area contributed by atoms with E-state index >= 15 is 0 Å². The summed E-state index contributed by atoms with van der Waals surface area (Å²) in [5.41, 5.74) is -0.262. The molecule has 1 heterocycles. The van der Waals surface area contributed by atoms with Gasteiger partial charge < -0.3 is 19.5 Å². The zero-order valence-electron chi connectivity index (χ0n) is 12.6. The normalized spacial score (nSPS) is 24.1. The van der Waals surface area contributed by atoms with Crippen LogP contribution >= 0.6 is 0 Å². The smallest absolute Gasteiger partial charge is 0.410 e. The summed E-state index contributed by atoms with van der Waals surface area (Å²) < 4.78 is 5.35. The number of amides is 1. The molecule has 1 atom stereocenters. The summed E-state index contributed by atoms with van der Waals surface area (Å²) in [5, 5.41) is 9.56. The van der Waals surface area contributed by atoms with Gasteiger partial charge in [0.2, 0.25) is 0 Å². The summed E-state index contributed by atoms with van der Waals surface area (Å²) in [5.74, 6) is 0.0914. The van der Waals surface area contributed by atoms with Crippen LogP contribution in [0, 0.1) is 11.3 Å². The van der Waals surface area contributed by atoms with Crippen LogP contribution in [0.3, 0.4) is 0 Å². The number of aliphatic hydroxyl groups is 1. The van der Waals surface area contributed by atoms with E-state index in [2.05, 4.69) is 0 Å². The summed E-state index contributed by atoms with van der Waals surface area (Å²) in [7, 11) is 0. The highest BCUT2D eigenvalue weighted by molar-refractivity contribution is 5.69. The van der Waals surface area contributed by atoms with E-state index in [0.717, 1.165) is 38.8 Å². The summed E-state index contributed by atoms with van der Waals surface area (Å²) in [6.45, 7) is 7.09. The van der Waals surface area contributed by atoms with E-state index in [0.29, 0.717) is 6.29 Å². The Morgan fingerprint density at radius 1 is 1.35 bits per heavy atom. The topological polar surface area (TPSA) is 66.8 Å². The molecule has 1 N–H and O–H groups in total. The lowest BCUT2D eigenvalue weighted by Crippen LogP contribution is -2.60. The fourth-order valence-electron chi connectivity index (χ4n) is 3.24. The fourth-order valence-corrected chi connectivity index (χ4v) is 3.24. The highest BCUT2D eigenvalue weighted by Gasteiger charge is 2.48. The van der Waals surface area contributed by atoms with Crippen molar-refractivity contribution < 1.29 is 19.4 Å². The number of hydrogen-bond donors (Lipinski definition) is 1. The monoisotopic (exact) mass is 283 g/mol. The quantitative estimate of drug-likeness (QED) is 0.787. The minimum atomic E-state index is -0.825. The van der Waals surface area contributed by atoms with Crippen LogP contribution in [0.25, 0.3) is 0 Å². The van der Waals surface area contributed by atoms with Crippen molar-refractivity contribution >= 4 is 12.4 Å². The SMILES string of the molecule is CC(C)(C)OC(=O)N1CC2(CCC(C(O)C=O)CC2)C1. The molecule has 1 aliphatic heterocycles. The molecule has 114 valence electrons. The average Bonchev–Trinajstić information content (AvgIpc) is 2.33. The number of rotatable bonds is 2. The first-order valence-electron chi connectivity index (χ1n) is 7.36. The Bertz CT molecular complexity index is 372.